The van der Waals surface area contributed by atoms with E-state index in [2.05, 4.69) is 22.0 Å². The highest BCUT2D eigenvalue weighted by Gasteiger charge is 2.35. The van der Waals surface area contributed by atoms with Crippen LogP contribution in [0.25, 0.3) is 0 Å². The molecule has 1 aliphatic rings. The number of aryl methyl sites for hydroxylation is 1. The molecule has 0 amide bonds. The highest BCUT2D eigenvalue weighted by atomic mass is 16.5. The second-order valence-electron chi connectivity index (χ2n) is 4.52. The number of hydrogen-bond acceptors (Lipinski definition) is 6. The van der Waals surface area contributed by atoms with E-state index in [1.54, 1.807) is 6.92 Å². The third kappa shape index (κ3) is 2.63. The van der Waals surface area contributed by atoms with Crippen LogP contribution in [0, 0.1) is 18.8 Å². The summed E-state index contributed by atoms with van der Waals surface area (Å²) in [5, 5.41) is 7.73. The van der Waals surface area contributed by atoms with Gasteiger partial charge in [0, 0.05) is 20.0 Å². The number of aromatic nitrogens is 2. The summed E-state index contributed by atoms with van der Waals surface area (Å²) >= 11 is 0. The maximum absolute atomic E-state index is 11.5. The van der Waals surface area contributed by atoms with Gasteiger partial charge in [0.15, 0.2) is 0 Å². The first-order valence-corrected chi connectivity index (χ1v) is 5.69. The maximum atomic E-state index is 11.5. The number of carbonyl (C=O) groups is 1. The molecule has 1 aromatic heterocycles. The largest absolute Gasteiger partial charge is 0.469 e. The van der Waals surface area contributed by atoms with Crippen LogP contribution in [0.4, 0.5) is 0 Å². The summed E-state index contributed by atoms with van der Waals surface area (Å²) in [7, 11) is 1.43. The number of likely N-dealkylation sites (tertiary alicyclic amines) is 1. The predicted octanol–water partition coefficient (Wildman–Crippen LogP) is 0.619. The molecule has 2 atom stereocenters. The molecular weight excluding hydrogens is 222 g/mol. The monoisotopic (exact) mass is 239 g/mol. The van der Waals surface area contributed by atoms with E-state index in [4.69, 9.17) is 9.15 Å². The summed E-state index contributed by atoms with van der Waals surface area (Å²) in [6.45, 7) is 5.95. The van der Waals surface area contributed by atoms with Crippen molar-refractivity contribution >= 4 is 5.97 Å². The average molecular weight is 239 g/mol. The van der Waals surface area contributed by atoms with Gasteiger partial charge in [-0.3, -0.25) is 9.69 Å². The van der Waals surface area contributed by atoms with Gasteiger partial charge in [0.25, 0.3) is 0 Å². The number of hydrogen-bond donors (Lipinski definition) is 0. The first-order valence-electron chi connectivity index (χ1n) is 5.69. The normalized spacial score (nSPS) is 25.1. The van der Waals surface area contributed by atoms with Crippen LogP contribution in [0.15, 0.2) is 4.42 Å². The number of nitrogens with zero attached hydrogens (tertiary/aromatic N) is 3. The molecule has 94 valence electrons. The van der Waals surface area contributed by atoms with Gasteiger partial charge in [-0.25, -0.2) is 0 Å². The van der Waals surface area contributed by atoms with Gasteiger partial charge in [0.05, 0.1) is 19.6 Å². The molecule has 1 fully saturated rings. The molecular formula is C11H17N3O3. The molecule has 0 aromatic carbocycles. The quantitative estimate of drug-likeness (QED) is 0.720. The standard InChI is InChI=1S/C11H17N3O3/c1-7-4-14(5-9(7)11(15)16-3)6-10-13-12-8(2)17-10/h7,9H,4-6H2,1-3H3. The lowest BCUT2D eigenvalue weighted by molar-refractivity contribution is -0.146. The fourth-order valence-corrected chi connectivity index (χ4v) is 2.25. The van der Waals surface area contributed by atoms with E-state index < -0.39 is 0 Å². The third-order valence-electron chi connectivity index (χ3n) is 3.12. The molecule has 0 N–H and O–H groups in total. The van der Waals surface area contributed by atoms with Crippen LogP contribution in [-0.2, 0) is 16.1 Å². The number of esters is 1. The Morgan fingerprint density at radius 2 is 2.29 bits per heavy atom. The van der Waals surface area contributed by atoms with Crippen molar-refractivity contribution in [2.45, 2.75) is 20.4 Å². The summed E-state index contributed by atoms with van der Waals surface area (Å²) in [5.41, 5.74) is 0. The van der Waals surface area contributed by atoms with Crippen LogP contribution in [0.3, 0.4) is 0 Å². The molecule has 1 aliphatic heterocycles. The highest BCUT2D eigenvalue weighted by molar-refractivity contribution is 5.73. The summed E-state index contributed by atoms with van der Waals surface area (Å²) < 4.78 is 10.1. The Bertz CT molecular complexity index is 404. The van der Waals surface area contributed by atoms with Crippen molar-refractivity contribution in [3.8, 4) is 0 Å². The zero-order chi connectivity index (χ0) is 12.4. The second kappa shape index (κ2) is 4.83. The second-order valence-corrected chi connectivity index (χ2v) is 4.52. The molecule has 0 aliphatic carbocycles. The highest BCUT2D eigenvalue weighted by Crippen LogP contribution is 2.25. The van der Waals surface area contributed by atoms with Crippen molar-refractivity contribution in [1.29, 1.82) is 0 Å². The Labute approximate surface area is 99.9 Å². The molecule has 2 heterocycles. The number of methoxy groups -OCH3 is 1. The van der Waals surface area contributed by atoms with E-state index in [0.29, 0.717) is 30.8 Å². The Hall–Kier alpha value is -1.43. The van der Waals surface area contributed by atoms with E-state index in [1.807, 2.05) is 0 Å². The van der Waals surface area contributed by atoms with Crippen LogP contribution in [-0.4, -0.2) is 41.3 Å². The Balaban J connectivity index is 1.95. The molecule has 17 heavy (non-hydrogen) atoms. The number of carbonyl (C=O) groups excluding carboxylic acids is 1. The molecule has 0 radical (unpaired) electrons. The fourth-order valence-electron chi connectivity index (χ4n) is 2.25. The van der Waals surface area contributed by atoms with Crippen LogP contribution >= 0.6 is 0 Å². The molecule has 6 heteroatoms. The van der Waals surface area contributed by atoms with E-state index in [-0.39, 0.29) is 11.9 Å². The lowest BCUT2D eigenvalue weighted by Crippen LogP contribution is -2.24. The summed E-state index contributed by atoms with van der Waals surface area (Å²) in [6, 6.07) is 0. The van der Waals surface area contributed by atoms with Crippen LogP contribution in [0.1, 0.15) is 18.7 Å². The van der Waals surface area contributed by atoms with Gasteiger partial charge < -0.3 is 9.15 Å². The van der Waals surface area contributed by atoms with Gasteiger partial charge in [-0.1, -0.05) is 6.92 Å². The zero-order valence-electron chi connectivity index (χ0n) is 10.3. The molecule has 1 saturated heterocycles. The van der Waals surface area contributed by atoms with Gasteiger partial charge >= 0.3 is 5.97 Å². The van der Waals surface area contributed by atoms with Crippen LogP contribution in [0.2, 0.25) is 0 Å². The Morgan fingerprint density at radius 3 is 2.88 bits per heavy atom. The van der Waals surface area contributed by atoms with Gasteiger partial charge in [-0.2, -0.15) is 0 Å². The molecule has 0 bridgehead atoms. The van der Waals surface area contributed by atoms with Crippen molar-refractivity contribution in [2.75, 3.05) is 20.2 Å². The first kappa shape index (κ1) is 12.0. The van der Waals surface area contributed by atoms with Gasteiger partial charge in [-0.15, -0.1) is 10.2 Å². The van der Waals surface area contributed by atoms with Crippen LogP contribution in [0.5, 0.6) is 0 Å². The number of ether oxygens (including phenoxy) is 1. The molecule has 0 spiro atoms. The van der Waals surface area contributed by atoms with E-state index in [9.17, 15) is 4.79 Å². The van der Waals surface area contributed by atoms with Crippen LogP contribution < -0.4 is 0 Å². The van der Waals surface area contributed by atoms with E-state index in [0.717, 1.165) is 6.54 Å². The van der Waals surface area contributed by atoms with Crippen molar-refractivity contribution in [1.82, 2.24) is 15.1 Å². The molecule has 2 rings (SSSR count). The molecule has 0 saturated carbocycles. The smallest absolute Gasteiger partial charge is 0.310 e. The summed E-state index contributed by atoms with van der Waals surface area (Å²) in [4.78, 5) is 13.7. The predicted molar refractivity (Wildman–Crippen MR) is 59.0 cm³/mol. The zero-order valence-corrected chi connectivity index (χ0v) is 10.3. The summed E-state index contributed by atoms with van der Waals surface area (Å²) in [5.74, 6) is 1.27. The molecule has 6 nitrogen and oxygen atoms in total. The van der Waals surface area contributed by atoms with Gasteiger partial charge in [-0.05, 0) is 5.92 Å². The summed E-state index contributed by atoms with van der Waals surface area (Å²) in [6.07, 6.45) is 0. The lowest BCUT2D eigenvalue weighted by Gasteiger charge is -2.12. The van der Waals surface area contributed by atoms with E-state index >= 15 is 0 Å². The Morgan fingerprint density at radius 1 is 1.53 bits per heavy atom. The first-order chi connectivity index (χ1) is 8.10. The minimum atomic E-state index is -0.137. The number of rotatable bonds is 3. The topological polar surface area (TPSA) is 68.5 Å². The van der Waals surface area contributed by atoms with Crippen molar-refractivity contribution in [2.24, 2.45) is 11.8 Å². The molecule has 1 aromatic rings. The lowest BCUT2D eigenvalue weighted by atomic mass is 9.99. The minimum absolute atomic E-state index is 0.0518. The third-order valence-corrected chi connectivity index (χ3v) is 3.12. The van der Waals surface area contributed by atoms with Gasteiger partial charge in [0.2, 0.25) is 11.8 Å². The minimum Gasteiger partial charge on any atom is -0.469 e. The van der Waals surface area contributed by atoms with Crippen molar-refractivity contribution < 1.29 is 13.9 Å². The average Bonchev–Trinajstić information content (AvgIpc) is 2.85. The van der Waals surface area contributed by atoms with Crippen molar-refractivity contribution in [3.63, 3.8) is 0 Å². The van der Waals surface area contributed by atoms with E-state index in [1.165, 1.54) is 7.11 Å². The Kier molecular flexibility index (Phi) is 3.42. The van der Waals surface area contributed by atoms with Crippen molar-refractivity contribution in [3.05, 3.63) is 11.8 Å². The maximum Gasteiger partial charge on any atom is 0.310 e. The SMILES string of the molecule is COC(=O)C1CN(Cc2nnc(C)o2)CC1C. The fraction of sp³-hybridized carbons (Fsp3) is 0.727. The molecule has 2 unspecified atom stereocenters. The van der Waals surface area contributed by atoms with Gasteiger partial charge in [0.1, 0.15) is 0 Å².